The molecule has 0 fully saturated rings. The number of rotatable bonds is 5. The Hall–Kier alpha value is -3.30. The van der Waals surface area contributed by atoms with Gasteiger partial charge < -0.3 is 10.1 Å². The molecule has 0 unspecified atom stereocenters. The van der Waals surface area contributed by atoms with E-state index in [1.807, 2.05) is 36.4 Å². The quantitative estimate of drug-likeness (QED) is 0.665. The van der Waals surface area contributed by atoms with Crippen LogP contribution in [0.5, 0.6) is 5.75 Å². The van der Waals surface area contributed by atoms with Gasteiger partial charge in [0, 0.05) is 22.5 Å². The normalized spacial score (nSPS) is 10.6. The van der Waals surface area contributed by atoms with Gasteiger partial charge in [-0.15, -0.1) is 0 Å². The van der Waals surface area contributed by atoms with E-state index in [0.29, 0.717) is 28.0 Å². The first-order valence-electron chi connectivity index (χ1n) is 7.39. The molecule has 2 aromatic carbocycles. The number of aromatic amines is 1. The van der Waals surface area contributed by atoms with Crippen molar-refractivity contribution in [1.29, 1.82) is 5.26 Å². The highest BCUT2D eigenvalue weighted by atomic mass is 35.5. The van der Waals surface area contributed by atoms with E-state index in [1.54, 1.807) is 25.5 Å². The Labute approximate surface area is 149 Å². The van der Waals surface area contributed by atoms with Crippen molar-refractivity contribution in [1.82, 2.24) is 10.2 Å². The zero-order chi connectivity index (χ0) is 17.6. The number of ether oxygens (including phenoxy) is 1. The van der Waals surface area contributed by atoms with Gasteiger partial charge in [0.1, 0.15) is 17.4 Å². The Morgan fingerprint density at radius 3 is 2.88 bits per heavy atom. The molecule has 2 N–H and O–H groups in total. The van der Waals surface area contributed by atoms with Crippen LogP contribution >= 0.6 is 11.6 Å². The summed E-state index contributed by atoms with van der Waals surface area (Å²) in [6, 6.07) is 16.7. The van der Waals surface area contributed by atoms with Gasteiger partial charge in [-0.2, -0.15) is 10.4 Å². The number of nitrogens with one attached hydrogen (secondary N) is 2. The third-order valence-corrected chi connectivity index (χ3v) is 3.65. The van der Waals surface area contributed by atoms with Crippen LogP contribution in [0, 0.1) is 11.3 Å². The Morgan fingerprint density at radius 2 is 2.12 bits per heavy atom. The third kappa shape index (κ3) is 3.79. The molecule has 6 nitrogen and oxygen atoms in total. The number of hydrogen-bond acceptors (Lipinski definition) is 5. The number of nitrogens with zero attached hydrogens (tertiary/aromatic N) is 3. The van der Waals surface area contributed by atoms with Gasteiger partial charge in [0.25, 0.3) is 0 Å². The van der Waals surface area contributed by atoms with Gasteiger partial charge in [0.2, 0.25) is 0 Å². The van der Waals surface area contributed by atoms with Gasteiger partial charge in [-0.1, -0.05) is 29.8 Å². The number of H-pyrrole nitrogens is 1. The molecule has 0 aliphatic rings. The van der Waals surface area contributed by atoms with Gasteiger partial charge in [0.15, 0.2) is 11.6 Å². The van der Waals surface area contributed by atoms with Crippen LogP contribution in [0.1, 0.15) is 11.1 Å². The Bertz CT molecular complexity index is 958. The average Bonchev–Trinajstić information content (AvgIpc) is 3.01. The highest BCUT2D eigenvalue weighted by Gasteiger charge is 2.12. The monoisotopic (exact) mass is 351 g/mol. The number of aliphatic imine (C=N–C) groups is 1. The van der Waals surface area contributed by atoms with Crippen LogP contribution in [0.4, 0.5) is 17.3 Å². The topological polar surface area (TPSA) is 86.1 Å². The van der Waals surface area contributed by atoms with Crippen molar-refractivity contribution < 1.29 is 4.74 Å². The van der Waals surface area contributed by atoms with Crippen LogP contribution in [0.3, 0.4) is 0 Å². The first kappa shape index (κ1) is 16.6. The predicted octanol–water partition coefficient (Wildman–Crippen LogP) is 4.44. The van der Waals surface area contributed by atoms with Crippen LogP contribution < -0.4 is 10.1 Å². The maximum atomic E-state index is 9.44. The molecule has 0 bridgehead atoms. The van der Waals surface area contributed by atoms with Crippen molar-refractivity contribution in [3.05, 3.63) is 64.7 Å². The summed E-state index contributed by atoms with van der Waals surface area (Å²) in [5.74, 6) is 1.44. The number of halogens is 1. The molecule has 7 heteroatoms. The number of methoxy groups -OCH3 is 1. The second-order valence-corrected chi connectivity index (χ2v) is 5.48. The molecule has 0 amide bonds. The minimum absolute atomic E-state index is 0.311. The Morgan fingerprint density at radius 1 is 1.28 bits per heavy atom. The zero-order valence-corrected chi connectivity index (χ0v) is 14.1. The van der Waals surface area contributed by atoms with E-state index in [1.165, 1.54) is 0 Å². The molecule has 0 radical (unpaired) electrons. The smallest absolute Gasteiger partial charge is 0.172 e. The van der Waals surface area contributed by atoms with Gasteiger partial charge in [-0.3, -0.25) is 5.10 Å². The molecular formula is C18H14ClN5O. The van der Waals surface area contributed by atoms with Crippen LogP contribution in [0.2, 0.25) is 5.02 Å². The zero-order valence-electron chi connectivity index (χ0n) is 13.3. The molecule has 1 heterocycles. The van der Waals surface area contributed by atoms with E-state index in [9.17, 15) is 5.26 Å². The maximum absolute atomic E-state index is 9.44. The molecule has 0 spiro atoms. The number of para-hydroxylation sites is 1. The fraction of sp³-hybridized carbons (Fsp3) is 0.0556. The minimum atomic E-state index is 0.311. The summed E-state index contributed by atoms with van der Waals surface area (Å²) in [6.07, 6.45) is 1.62. The minimum Gasteiger partial charge on any atom is -0.496 e. The van der Waals surface area contributed by atoms with Crippen molar-refractivity contribution in [3.8, 4) is 11.8 Å². The molecule has 25 heavy (non-hydrogen) atoms. The van der Waals surface area contributed by atoms with Crippen LogP contribution in [-0.2, 0) is 0 Å². The molecule has 3 aromatic rings. The molecular weight excluding hydrogens is 338 g/mol. The van der Waals surface area contributed by atoms with E-state index in [4.69, 9.17) is 16.3 Å². The lowest BCUT2D eigenvalue weighted by Gasteiger charge is -2.03. The number of anilines is 2. The molecule has 0 aliphatic heterocycles. The lowest BCUT2D eigenvalue weighted by atomic mass is 10.2. The maximum Gasteiger partial charge on any atom is 0.172 e. The highest BCUT2D eigenvalue weighted by Crippen LogP contribution is 2.27. The largest absolute Gasteiger partial charge is 0.496 e. The predicted molar refractivity (Wildman–Crippen MR) is 98.3 cm³/mol. The molecule has 1 aromatic heterocycles. The van der Waals surface area contributed by atoms with Gasteiger partial charge in [-0.05, 0) is 30.3 Å². The summed E-state index contributed by atoms with van der Waals surface area (Å²) in [7, 11) is 1.59. The lowest BCUT2D eigenvalue weighted by molar-refractivity contribution is 0.414. The van der Waals surface area contributed by atoms with E-state index in [0.717, 1.165) is 11.3 Å². The van der Waals surface area contributed by atoms with E-state index < -0.39 is 0 Å². The Balaban J connectivity index is 1.87. The summed E-state index contributed by atoms with van der Waals surface area (Å²) in [6.45, 7) is 0. The standard InChI is InChI=1S/C18H14ClN5O/c1-25-16-8-3-2-5-12(16)11-21-17-15(10-20)18(24-23-17)22-14-7-4-6-13(19)9-14/h2-9,11H,1H3,(H2,22,23,24)/b21-11+. The first-order chi connectivity index (χ1) is 12.2. The molecule has 124 valence electrons. The fourth-order valence-electron chi connectivity index (χ4n) is 2.23. The van der Waals surface area contributed by atoms with Gasteiger partial charge >= 0.3 is 0 Å². The van der Waals surface area contributed by atoms with Crippen LogP contribution in [0.25, 0.3) is 0 Å². The van der Waals surface area contributed by atoms with E-state index in [-0.39, 0.29) is 0 Å². The number of benzene rings is 2. The summed E-state index contributed by atoms with van der Waals surface area (Å²) in [5, 5.41) is 20.0. The number of hydrogen-bond donors (Lipinski definition) is 2. The molecule has 0 aliphatic carbocycles. The summed E-state index contributed by atoms with van der Waals surface area (Å²) < 4.78 is 5.28. The number of nitriles is 1. The van der Waals surface area contributed by atoms with Crippen molar-refractivity contribution in [2.45, 2.75) is 0 Å². The molecule has 0 atom stereocenters. The SMILES string of the molecule is COc1ccccc1/C=N/c1[nH]nc(Nc2cccc(Cl)c2)c1C#N. The van der Waals surface area contributed by atoms with Crippen molar-refractivity contribution in [2.24, 2.45) is 4.99 Å². The number of aromatic nitrogens is 2. The fourth-order valence-corrected chi connectivity index (χ4v) is 2.42. The van der Waals surface area contributed by atoms with Crippen LogP contribution in [-0.4, -0.2) is 23.5 Å². The first-order valence-corrected chi connectivity index (χ1v) is 7.77. The summed E-state index contributed by atoms with van der Waals surface area (Å²) in [4.78, 5) is 4.32. The Kier molecular flexibility index (Phi) is 4.97. The third-order valence-electron chi connectivity index (χ3n) is 3.42. The summed E-state index contributed by atoms with van der Waals surface area (Å²) in [5.41, 5.74) is 1.84. The second-order valence-electron chi connectivity index (χ2n) is 5.04. The van der Waals surface area contributed by atoms with E-state index >= 15 is 0 Å². The van der Waals surface area contributed by atoms with Crippen molar-refractivity contribution in [3.63, 3.8) is 0 Å². The van der Waals surface area contributed by atoms with Crippen molar-refractivity contribution >= 4 is 35.1 Å². The summed E-state index contributed by atoms with van der Waals surface area (Å²) >= 11 is 5.97. The average molecular weight is 352 g/mol. The lowest BCUT2D eigenvalue weighted by Crippen LogP contribution is -1.92. The second kappa shape index (κ2) is 7.51. The van der Waals surface area contributed by atoms with Gasteiger partial charge in [-0.25, -0.2) is 4.99 Å². The van der Waals surface area contributed by atoms with Gasteiger partial charge in [0.05, 0.1) is 7.11 Å². The van der Waals surface area contributed by atoms with E-state index in [2.05, 4.69) is 26.6 Å². The molecule has 0 saturated heterocycles. The molecule has 3 rings (SSSR count). The van der Waals surface area contributed by atoms with Crippen molar-refractivity contribution in [2.75, 3.05) is 12.4 Å². The van der Waals surface area contributed by atoms with Crippen LogP contribution in [0.15, 0.2) is 53.5 Å². The molecule has 0 saturated carbocycles. The highest BCUT2D eigenvalue weighted by molar-refractivity contribution is 6.30.